The molecule has 1 aromatic rings. The Balaban J connectivity index is 3.08. The van der Waals surface area contributed by atoms with Gasteiger partial charge in [0.1, 0.15) is 0 Å². The van der Waals surface area contributed by atoms with E-state index in [1.165, 1.54) is 31.3 Å². The summed E-state index contributed by atoms with van der Waals surface area (Å²) in [6.07, 6.45) is -4.50. The normalized spacial score (nSPS) is 14.5. The van der Waals surface area contributed by atoms with E-state index in [0.29, 0.717) is 0 Å². The second kappa shape index (κ2) is 5.25. The van der Waals surface area contributed by atoms with Crippen LogP contribution in [0.15, 0.2) is 24.4 Å². The van der Waals surface area contributed by atoms with Crippen molar-refractivity contribution in [3.8, 4) is 0 Å². The molecule has 0 aromatic carbocycles. The van der Waals surface area contributed by atoms with Crippen molar-refractivity contribution in [2.75, 3.05) is 0 Å². The van der Waals surface area contributed by atoms with Gasteiger partial charge < -0.3 is 10.4 Å². The lowest BCUT2D eigenvalue weighted by Crippen LogP contribution is -2.50. The topological polar surface area (TPSA) is 79.3 Å². The number of carbonyl (C=O) groups excluding carboxylic acids is 1. The summed E-state index contributed by atoms with van der Waals surface area (Å²) in [6.45, 7) is 1.17. The summed E-state index contributed by atoms with van der Waals surface area (Å²) < 4.78 is 36.8. The molecule has 1 rings (SSSR count). The van der Waals surface area contributed by atoms with Gasteiger partial charge in [0.05, 0.1) is 17.7 Å². The fourth-order valence-corrected chi connectivity index (χ4v) is 1.51. The highest BCUT2D eigenvalue weighted by molar-refractivity contribution is 5.83. The molecule has 0 radical (unpaired) electrons. The fraction of sp³-hybridized carbons (Fsp3) is 0.364. The molecule has 104 valence electrons. The third-order valence-electron chi connectivity index (χ3n) is 2.38. The predicted molar refractivity (Wildman–Crippen MR) is 58.0 cm³/mol. The van der Waals surface area contributed by atoms with Gasteiger partial charge in [0.2, 0.25) is 0 Å². The van der Waals surface area contributed by atoms with Crippen molar-refractivity contribution in [3.63, 3.8) is 0 Å². The summed E-state index contributed by atoms with van der Waals surface area (Å²) in [7, 11) is 0. The lowest BCUT2D eigenvalue weighted by atomic mass is 9.92. The van der Waals surface area contributed by atoms with Crippen molar-refractivity contribution < 1.29 is 27.9 Å². The van der Waals surface area contributed by atoms with Crippen molar-refractivity contribution in [2.24, 2.45) is 0 Å². The average Bonchev–Trinajstić information content (AvgIpc) is 2.27. The molecule has 0 aliphatic heterocycles. The van der Waals surface area contributed by atoms with E-state index in [1.54, 1.807) is 5.32 Å². The van der Waals surface area contributed by atoms with Crippen molar-refractivity contribution in [2.45, 2.75) is 25.1 Å². The predicted octanol–water partition coefficient (Wildman–Crippen LogP) is 1.45. The van der Waals surface area contributed by atoms with Crippen LogP contribution in [0.25, 0.3) is 0 Å². The number of aliphatic carboxylic acids is 1. The number of alkyl halides is 3. The standard InChI is InChI=1S/C11H11F3N2O3/c1-10(6-8(17)18,7-4-2-3-5-15-7)16-9(19)11(12,13)14/h2-5H,6H2,1H3,(H,16,19)(H,17,18). The van der Waals surface area contributed by atoms with Crippen LogP contribution >= 0.6 is 0 Å². The quantitative estimate of drug-likeness (QED) is 0.872. The first-order chi connectivity index (χ1) is 8.65. The molecule has 2 N–H and O–H groups in total. The maximum Gasteiger partial charge on any atom is 0.471 e. The summed E-state index contributed by atoms with van der Waals surface area (Å²) in [5.74, 6) is -3.56. The number of hydrogen-bond acceptors (Lipinski definition) is 3. The van der Waals surface area contributed by atoms with Crippen LogP contribution in [0.4, 0.5) is 13.2 Å². The van der Waals surface area contributed by atoms with E-state index >= 15 is 0 Å². The van der Waals surface area contributed by atoms with Crippen LogP contribution in [0, 0.1) is 0 Å². The molecule has 1 aromatic heterocycles. The van der Waals surface area contributed by atoms with Gasteiger partial charge in [-0.2, -0.15) is 13.2 Å². The smallest absolute Gasteiger partial charge is 0.471 e. The maximum atomic E-state index is 12.3. The highest BCUT2D eigenvalue weighted by Crippen LogP contribution is 2.25. The molecule has 0 aliphatic carbocycles. The van der Waals surface area contributed by atoms with Gasteiger partial charge in [0.25, 0.3) is 0 Å². The third-order valence-corrected chi connectivity index (χ3v) is 2.38. The Morgan fingerprint density at radius 1 is 1.37 bits per heavy atom. The van der Waals surface area contributed by atoms with E-state index < -0.39 is 30.0 Å². The van der Waals surface area contributed by atoms with E-state index in [1.807, 2.05) is 0 Å². The number of amides is 1. The largest absolute Gasteiger partial charge is 0.481 e. The molecule has 0 saturated heterocycles. The van der Waals surface area contributed by atoms with Gasteiger partial charge in [-0.15, -0.1) is 0 Å². The number of nitrogens with one attached hydrogen (secondary N) is 1. The number of carbonyl (C=O) groups is 2. The molecule has 0 spiro atoms. The van der Waals surface area contributed by atoms with Gasteiger partial charge in [0, 0.05) is 6.20 Å². The lowest BCUT2D eigenvalue weighted by molar-refractivity contribution is -0.176. The number of carboxylic acid groups (broad SMARTS) is 1. The zero-order valence-corrected chi connectivity index (χ0v) is 9.86. The van der Waals surface area contributed by atoms with E-state index in [4.69, 9.17) is 5.11 Å². The summed E-state index contributed by atoms with van der Waals surface area (Å²) in [4.78, 5) is 25.5. The van der Waals surface area contributed by atoms with Crippen LogP contribution in [-0.2, 0) is 15.1 Å². The molecule has 0 aliphatic rings. The molecule has 1 unspecified atom stereocenters. The van der Waals surface area contributed by atoms with Gasteiger partial charge >= 0.3 is 18.1 Å². The minimum absolute atomic E-state index is 0.0370. The molecule has 1 amide bonds. The Bertz CT molecular complexity index is 476. The summed E-state index contributed by atoms with van der Waals surface area (Å²) in [6, 6.07) is 4.36. The van der Waals surface area contributed by atoms with Crippen molar-refractivity contribution in [3.05, 3.63) is 30.1 Å². The maximum absolute atomic E-state index is 12.3. The minimum atomic E-state index is -5.09. The van der Waals surface area contributed by atoms with Crippen molar-refractivity contribution >= 4 is 11.9 Å². The van der Waals surface area contributed by atoms with Crippen molar-refractivity contribution in [1.82, 2.24) is 10.3 Å². The first-order valence-electron chi connectivity index (χ1n) is 5.18. The second-order valence-corrected chi connectivity index (χ2v) is 4.07. The Labute approximate surface area is 106 Å². The van der Waals surface area contributed by atoms with Crippen LogP contribution < -0.4 is 5.32 Å². The van der Waals surface area contributed by atoms with E-state index in [0.717, 1.165) is 0 Å². The second-order valence-electron chi connectivity index (χ2n) is 4.07. The van der Waals surface area contributed by atoms with E-state index in [9.17, 15) is 22.8 Å². The van der Waals surface area contributed by atoms with Crippen molar-refractivity contribution in [1.29, 1.82) is 0 Å². The monoisotopic (exact) mass is 276 g/mol. The number of pyridine rings is 1. The lowest BCUT2D eigenvalue weighted by Gasteiger charge is -2.29. The minimum Gasteiger partial charge on any atom is -0.481 e. The first-order valence-corrected chi connectivity index (χ1v) is 5.18. The Morgan fingerprint density at radius 2 is 2.00 bits per heavy atom. The molecule has 5 nitrogen and oxygen atoms in total. The van der Waals surface area contributed by atoms with Crippen LogP contribution in [0.3, 0.4) is 0 Å². The molecule has 19 heavy (non-hydrogen) atoms. The molecule has 0 saturated carbocycles. The number of halogens is 3. The van der Waals surface area contributed by atoms with Crippen LogP contribution in [0.5, 0.6) is 0 Å². The zero-order valence-electron chi connectivity index (χ0n) is 9.86. The third kappa shape index (κ3) is 3.94. The number of rotatable bonds is 4. The first kappa shape index (κ1) is 14.9. The Hall–Kier alpha value is -2.12. The van der Waals surface area contributed by atoms with Crippen LogP contribution in [0.1, 0.15) is 19.0 Å². The van der Waals surface area contributed by atoms with Gasteiger partial charge in [-0.05, 0) is 19.1 Å². The number of nitrogens with zero attached hydrogens (tertiary/aromatic N) is 1. The highest BCUT2D eigenvalue weighted by atomic mass is 19.4. The SMILES string of the molecule is CC(CC(=O)O)(NC(=O)C(F)(F)F)c1ccccn1. The van der Waals surface area contributed by atoms with E-state index in [-0.39, 0.29) is 5.69 Å². The number of aromatic nitrogens is 1. The molecular formula is C11H11F3N2O3. The number of carboxylic acids is 1. The summed E-state index contributed by atoms with van der Waals surface area (Å²) in [5, 5.41) is 10.4. The van der Waals surface area contributed by atoms with E-state index in [2.05, 4.69) is 4.98 Å². The Morgan fingerprint density at radius 3 is 2.42 bits per heavy atom. The number of hydrogen-bond donors (Lipinski definition) is 2. The fourth-order valence-electron chi connectivity index (χ4n) is 1.51. The molecule has 1 heterocycles. The van der Waals surface area contributed by atoms with Crippen LogP contribution in [-0.4, -0.2) is 28.1 Å². The van der Waals surface area contributed by atoms with Crippen LogP contribution in [0.2, 0.25) is 0 Å². The summed E-state index contributed by atoms with van der Waals surface area (Å²) >= 11 is 0. The molecule has 8 heteroatoms. The summed E-state index contributed by atoms with van der Waals surface area (Å²) in [5.41, 5.74) is -1.70. The molecule has 1 atom stereocenters. The molecule has 0 bridgehead atoms. The van der Waals surface area contributed by atoms with Gasteiger partial charge in [0.15, 0.2) is 0 Å². The zero-order chi connectivity index (χ0) is 14.7. The van der Waals surface area contributed by atoms with Gasteiger partial charge in [-0.1, -0.05) is 6.07 Å². The highest BCUT2D eigenvalue weighted by Gasteiger charge is 2.44. The van der Waals surface area contributed by atoms with Gasteiger partial charge in [-0.3, -0.25) is 14.6 Å². The van der Waals surface area contributed by atoms with Gasteiger partial charge in [-0.25, -0.2) is 0 Å². The Kier molecular flexibility index (Phi) is 4.13. The molecular weight excluding hydrogens is 265 g/mol. The molecule has 0 fully saturated rings. The average molecular weight is 276 g/mol.